The molecule has 10 N–H and O–H groups in total. The number of carbonyl (C=O) groups excluding carboxylic acids is 4. The van der Waals surface area contributed by atoms with Gasteiger partial charge in [-0.2, -0.15) is 11.8 Å². The van der Waals surface area contributed by atoms with E-state index in [9.17, 15) is 24.0 Å². The SMILES string of the molecule is CSCCC(NC(=O)C(CC(N)=O)NC(=O)C(N)CCCCN)C(=O)NC(C)C(=O)O. The van der Waals surface area contributed by atoms with E-state index in [1.165, 1.54) is 18.7 Å². The summed E-state index contributed by atoms with van der Waals surface area (Å²) in [7, 11) is 0. The minimum Gasteiger partial charge on any atom is -0.480 e. The van der Waals surface area contributed by atoms with Gasteiger partial charge in [-0.3, -0.25) is 24.0 Å². The van der Waals surface area contributed by atoms with Gasteiger partial charge < -0.3 is 38.3 Å². The van der Waals surface area contributed by atoms with Crippen molar-refractivity contribution in [2.24, 2.45) is 17.2 Å². The Balaban J connectivity index is 5.23. The fourth-order valence-electron chi connectivity index (χ4n) is 2.48. The lowest BCUT2D eigenvalue weighted by atomic mass is 10.1. The number of rotatable bonds is 16. The van der Waals surface area contributed by atoms with Gasteiger partial charge in [0, 0.05) is 0 Å². The number of primary amides is 1. The van der Waals surface area contributed by atoms with Crippen molar-refractivity contribution >= 4 is 41.4 Å². The molecule has 0 fully saturated rings. The van der Waals surface area contributed by atoms with Gasteiger partial charge in [-0.1, -0.05) is 6.42 Å². The number of carboxylic acids is 1. The van der Waals surface area contributed by atoms with Crippen molar-refractivity contribution in [3.8, 4) is 0 Å². The van der Waals surface area contributed by atoms with Crippen LogP contribution in [0.1, 0.15) is 39.0 Å². The molecule has 0 saturated carbocycles. The van der Waals surface area contributed by atoms with E-state index in [4.69, 9.17) is 22.3 Å². The first-order valence-corrected chi connectivity index (χ1v) is 11.3. The summed E-state index contributed by atoms with van der Waals surface area (Å²) in [6, 6.07) is -4.45. The molecule has 178 valence electrons. The van der Waals surface area contributed by atoms with Crippen LogP contribution in [0.25, 0.3) is 0 Å². The fraction of sp³-hybridized carbons (Fsp3) is 0.722. The number of hydrogen-bond acceptors (Lipinski definition) is 8. The molecule has 0 aromatic carbocycles. The predicted octanol–water partition coefficient (Wildman–Crippen LogP) is -2.37. The number of unbranched alkanes of at least 4 members (excludes halogenated alkanes) is 1. The first-order valence-electron chi connectivity index (χ1n) is 9.90. The van der Waals surface area contributed by atoms with Crippen LogP contribution in [0.15, 0.2) is 0 Å². The Morgan fingerprint density at radius 1 is 0.935 bits per heavy atom. The van der Waals surface area contributed by atoms with Crippen molar-refractivity contribution < 1.29 is 29.1 Å². The predicted molar refractivity (Wildman–Crippen MR) is 117 cm³/mol. The number of hydrogen-bond donors (Lipinski definition) is 7. The summed E-state index contributed by atoms with van der Waals surface area (Å²) in [4.78, 5) is 59.8. The second kappa shape index (κ2) is 15.4. The third-order valence-electron chi connectivity index (χ3n) is 4.32. The summed E-state index contributed by atoms with van der Waals surface area (Å²) in [6.07, 6.45) is 3.18. The number of amides is 4. The summed E-state index contributed by atoms with van der Waals surface area (Å²) in [5, 5.41) is 16.1. The van der Waals surface area contributed by atoms with Crippen LogP contribution in [0.4, 0.5) is 0 Å². The summed E-state index contributed by atoms with van der Waals surface area (Å²) in [5.74, 6) is -3.69. The summed E-state index contributed by atoms with van der Waals surface area (Å²) in [6.45, 7) is 1.75. The summed E-state index contributed by atoms with van der Waals surface area (Å²) in [5.41, 5.74) is 16.4. The molecular formula is C18H34N6O6S. The minimum absolute atomic E-state index is 0.209. The van der Waals surface area contributed by atoms with Gasteiger partial charge in [0.2, 0.25) is 23.6 Å². The van der Waals surface area contributed by atoms with E-state index in [0.29, 0.717) is 31.6 Å². The molecule has 0 bridgehead atoms. The average molecular weight is 463 g/mol. The molecule has 13 heteroatoms. The maximum atomic E-state index is 12.7. The number of nitrogens with one attached hydrogen (secondary N) is 3. The highest BCUT2D eigenvalue weighted by molar-refractivity contribution is 7.98. The molecular weight excluding hydrogens is 428 g/mol. The van der Waals surface area contributed by atoms with Gasteiger partial charge >= 0.3 is 5.97 Å². The number of carbonyl (C=O) groups is 5. The smallest absolute Gasteiger partial charge is 0.325 e. The van der Waals surface area contributed by atoms with Crippen LogP contribution in [0.2, 0.25) is 0 Å². The van der Waals surface area contributed by atoms with Gasteiger partial charge in [0.05, 0.1) is 12.5 Å². The van der Waals surface area contributed by atoms with Gasteiger partial charge in [0.1, 0.15) is 18.1 Å². The van der Waals surface area contributed by atoms with Crippen molar-refractivity contribution in [3.63, 3.8) is 0 Å². The molecule has 0 aliphatic heterocycles. The lowest BCUT2D eigenvalue weighted by Crippen LogP contribution is -2.57. The number of carboxylic acid groups (broad SMARTS) is 1. The minimum atomic E-state index is -1.33. The topological polar surface area (TPSA) is 220 Å². The molecule has 0 aromatic rings. The maximum Gasteiger partial charge on any atom is 0.325 e. The van der Waals surface area contributed by atoms with Gasteiger partial charge in [-0.25, -0.2) is 0 Å². The highest BCUT2D eigenvalue weighted by atomic mass is 32.2. The van der Waals surface area contributed by atoms with E-state index in [2.05, 4.69) is 16.0 Å². The first-order chi connectivity index (χ1) is 14.5. The summed E-state index contributed by atoms with van der Waals surface area (Å²) < 4.78 is 0. The highest BCUT2D eigenvalue weighted by Crippen LogP contribution is 2.05. The van der Waals surface area contributed by atoms with E-state index >= 15 is 0 Å². The van der Waals surface area contributed by atoms with E-state index < -0.39 is 60.2 Å². The van der Waals surface area contributed by atoms with Crippen molar-refractivity contribution in [1.82, 2.24) is 16.0 Å². The van der Waals surface area contributed by atoms with Gasteiger partial charge in [0.25, 0.3) is 0 Å². The standard InChI is InChI=1S/C18H34N6O6S/c1-10(18(29)30)22-16(27)12(6-8-31-2)23-17(28)13(9-14(21)25)24-15(26)11(20)5-3-4-7-19/h10-13H,3-9,19-20H2,1-2H3,(H2,21,25)(H,22,27)(H,23,28)(H,24,26)(H,29,30). The normalized spacial score (nSPS) is 14.6. The van der Waals surface area contributed by atoms with Crippen LogP contribution in [0, 0.1) is 0 Å². The molecule has 4 atom stereocenters. The van der Waals surface area contributed by atoms with Crippen molar-refractivity contribution in [3.05, 3.63) is 0 Å². The fourth-order valence-corrected chi connectivity index (χ4v) is 2.95. The molecule has 12 nitrogen and oxygen atoms in total. The largest absolute Gasteiger partial charge is 0.480 e. The van der Waals surface area contributed by atoms with E-state index in [0.717, 1.165) is 0 Å². The van der Waals surface area contributed by atoms with Crippen LogP contribution in [-0.4, -0.2) is 77.4 Å². The molecule has 0 aliphatic carbocycles. The molecule has 0 spiro atoms. The monoisotopic (exact) mass is 462 g/mol. The Labute approximate surface area is 185 Å². The van der Waals surface area contributed by atoms with Crippen LogP contribution < -0.4 is 33.2 Å². The van der Waals surface area contributed by atoms with Crippen molar-refractivity contribution in [2.45, 2.75) is 63.2 Å². The Hall–Kier alpha value is -2.38. The highest BCUT2D eigenvalue weighted by Gasteiger charge is 2.30. The van der Waals surface area contributed by atoms with Crippen LogP contribution in [-0.2, 0) is 24.0 Å². The van der Waals surface area contributed by atoms with Gasteiger partial charge in [-0.05, 0) is 44.7 Å². The molecule has 31 heavy (non-hydrogen) atoms. The van der Waals surface area contributed by atoms with Crippen molar-refractivity contribution in [2.75, 3.05) is 18.6 Å². The summed E-state index contributed by atoms with van der Waals surface area (Å²) >= 11 is 1.43. The molecule has 0 heterocycles. The quantitative estimate of drug-likeness (QED) is 0.122. The van der Waals surface area contributed by atoms with E-state index in [1.807, 2.05) is 0 Å². The third kappa shape index (κ3) is 12.2. The Morgan fingerprint density at radius 2 is 1.52 bits per heavy atom. The Kier molecular flexibility index (Phi) is 14.2. The lowest BCUT2D eigenvalue weighted by molar-refractivity contribution is -0.142. The lowest BCUT2D eigenvalue weighted by Gasteiger charge is -2.24. The Bertz CT molecular complexity index is 635. The van der Waals surface area contributed by atoms with E-state index in [-0.39, 0.29) is 6.42 Å². The zero-order valence-corrected chi connectivity index (χ0v) is 18.7. The second-order valence-electron chi connectivity index (χ2n) is 7.03. The first kappa shape index (κ1) is 28.6. The second-order valence-corrected chi connectivity index (χ2v) is 8.02. The zero-order valence-electron chi connectivity index (χ0n) is 17.9. The molecule has 0 radical (unpaired) electrons. The molecule has 0 rings (SSSR count). The molecule has 4 amide bonds. The van der Waals surface area contributed by atoms with Crippen LogP contribution in [0.3, 0.4) is 0 Å². The average Bonchev–Trinajstić information content (AvgIpc) is 2.69. The third-order valence-corrected chi connectivity index (χ3v) is 4.96. The van der Waals surface area contributed by atoms with E-state index in [1.54, 1.807) is 6.26 Å². The number of nitrogens with two attached hydrogens (primary N) is 3. The molecule has 0 aromatic heterocycles. The molecule has 0 aliphatic rings. The number of thioether (sulfide) groups is 1. The molecule has 4 unspecified atom stereocenters. The maximum absolute atomic E-state index is 12.7. The van der Waals surface area contributed by atoms with Gasteiger partial charge in [-0.15, -0.1) is 0 Å². The molecule has 0 saturated heterocycles. The Morgan fingerprint density at radius 3 is 2.03 bits per heavy atom. The van der Waals surface area contributed by atoms with Crippen LogP contribution >= 0.6 is 11.8 Å². The van der Waals surface area contributed by atoms with Crippen molar-refractivity contribution in [1.29, 1.82) is 0 Å². The number of aliphatic carboxylic acids is 1. The zero-order chi connectivity index (χ0) is 24.0. The van der Waals surface area contributed by atoms with Gasteiger partial charge in [0.15, 0.2) is 0 Å². The van der Waals surface area contributed by atoms with Crippen LogP contribution in [0.5, 0.6) is 0 Å².